The van der Waals surface area contributed by atoms with Crippen LogP contribution in [0.4, 0.5) is 0 Å². The first kappa shape index (κ1) is 15.9. The molecule has 0 spiro atoms. The Morgan fingerprint density at radius 1 is 1.22 bits per heavy atom. The summed E-state index contributed by atoms with van der Waals surface area (Å²) in [6.07, 6.45) is 0.817. The maximum absolute atomic E-state index is 12.3. The van der Waals surface area contributed by atoms with E-state index in [-0.39, 0.29) is 11.9 Å². The number of amides is 1. The zero-order valence-electron chi connectivity index (χ0n) is 13.5. The van der Waals surface area contributed by atoms with Crippen molar-refractivity contribution in [1.29, 1.82) is 0 Å². The predicted molar refractivity (Wildman–Crippen MR) is 94.1 cm³/mol. The van der Waals surface area contributed by atoms with Gasteiger partial charge in [-0.2, -0.15) is 0 Å². The van der Waals surface area contributed by atoms with E-state index in [0.717, 1.165) is 22.6 Å². The summed E-state index contributed by atoms with van der Waals surface area (Å²) in [6.45, 7) is 4.84. The van der Waals surface area contributed by atoms with Crippen molar-refractivity contribution in [3.8, 4) is 5.75 Å². The van der Waals surface area contributed by atoms with E-state index in [0.29, 0.717) is 12.4 Å². The fraction of sp³-hybridized carbons (Fsp3) is 0.316. The summed E-state index contributed by atoms with van der Waals surface area (Å²) in [5.41, 5.74) is 3.61. The summed E-state index contributed by atoms with van der Waals surface area (Å²) in [5, 5.41) is 3.13. The largest absolute Gasteiger partial charge is 0.493 e. The lowest BCUT2D eigenvalue weighted by Crippen LogP contribution is -2.33. The minimum absolute atomic E-state index is 0.0489. The van der Waals surface area contributed by atoms with E-state index in [9.17, 15) is 4.79 Å². The molecule has 0 aromatic heterocycles. The number of rotatable bonds is 4. The average molecular weight is 327 g/mol. The van der Waals surface area contributed by atoms with Crippen molar-refractivity contribution in [2.24, 2.45) is 0 Å². The standard InChI is InChI=1S/C19H21NO2S/c1-13-7-8-15(11-14(13)2)23-12-19(21)20-17-9-10-22-18-6-4-3-5-16(17)18/h3-8,11,17H,9-10,12H2,1-2H3,(H,20,21)/t17-/m1/s1. The van der Waals surface area contributed by atoms with Gasteiger partial charge in [0.25, 0.3) is 0 Å². The molecular weight excluding hydrogens is 306 g/mol. The topological polar surface area (TPSA) is 38.3 Å². The summed E-state index contributed by atoms with van der Waals surface area (Å²) >= 11 is 1.58. The van der Waals surface area contributed by atoms with Gasteiger partial charge in [-0.15, -0.1) is 11.8 Å². The number of aryl methyl sites for hydroxylation is 2. The highest BCUT2D eigenvalue weighted by Gasteiger charge is 2.22. The smallest absolute Gasteiger partial charge is 0.230 e. The highest BCUT2D eigenvalue weighted by atomic mass is 32.2. The van der Waals surface area contributed by atoms with E-state index in [1.807, 2.05) is 24.3 Å². The van der Waals surface area contributed by atoms with Gasteiger partial charge >= 0.3 is 0 Å². The molecule has 23 heavy (non-hydrogen) atoms. The van der Waals surface area contributed by atoms with Crippen LogP contribution >= 0.6 is 11.8 Å². The lowest BCUT2D eigenvalue weighted by atomic mass is 10.0. The molecule has 4 heteroatoms. The first-order valence-corrected chi connectivity index (χ1v) is 8.83. The first-order chi connectivity index (χ1) is 11.1. The number of benzene rings is 2. The number of hydrogen-bond donors (Lipinski definition) is 1. The number of hydrogen-bond acceptors (Lipinski definition) is 3. The molecule has 2 aromatic rings. The van der Waals surface area contributed by atoms with Gasteiger partial charge in [-0.05, 0) is 43.2 Å². The molecule has 1 amide bonds. The monoisotopic (exact) mass is 327 g/mol. The minimum Gasteiger partial charge on any atom is -0.493 e. The minimum atomic E-state index is 0.0489. The van der Waals surface area contributed by atoms with Gasteiger partial charge in [0.15, 0.2) is 0 Å². The Kier molecular flexibility index (Phi) is 4.91. The Labute approximate surface area is 141 Å². The molecule has 1 aliphatic rings. The van der Waals surface area contributed by atoms with E-state index in [2.05, 4.69) is 37.4 Å². The van der Waals surface area contributed by atoms with Gasteiger partial charge in [-0.3, -0.25) is 4.79 Å². The van der Waals surface area contributed by atoms with Gasteiger partial charge in [0.2, 0.25) is 5.91 Å². The summed E-state index contributed by atoms with van der Waals surface area (Å²) in [4.78, 5) is 13.4. The predicted octanol–water partition coefficient (Wildman–Crippen LogP) is 4.04. The number of carbonyl (C=O) groups is 1. The molecule has 0 unspecified atom stereocenters. The van der Waals surface area contributed by atoms with Crippen LogP contribution in [0.15, 0.2) is 47.4 Å². The van der Waals surface area contributed by atoms with Crippen LogP contribution in [-0.4, -0.2) is 18.3 Å². The summed E-state index contributed by atoms with van der Waals surface area (Å²) in [5.74, 6) is 1.38. The van der Waals surface area contributed by atoms with Crippen molar-refractivity contribution in [2.75, 3.05) is 12.4 Å². The van der Waals surface area contributed by atoms with Gasteiger partial charge < -0.3 is 10.1 Å². The van der Waals surface area contributed by atoms with Crippen molar-refractivity contribution in [3.05, 3.63) is 59.2 Å². The van der Waals surface area contributed by atoms with E-state index >= 15 is 0 Å². The fourth-order valence-corrected chi connectivity index (χ4v) is 3.49. The molecule has 0 saturated heterocycles. The number of nitrogens with one attached hydrogen (secondary N) is 1. The van der Waals surface area contributed by atoms with Crippen LogP contribution in [0, 0.1) is 13.8 Å². The Balaban J connectivity index is 1.59. The van der Waals surface area contributed by atoms with E-state index in [1.165, 1.54) is 11.1 Å². The third-order valence-electron chi connectivity index (χ3n) is 4.14. The lowest BCUT2D eigenvalue weighted by molar-refractivity contribution is -0.119. The van der Waals surface area contributed by atoms with Crippen LogP contribution in [0.25, 0.3) is 0 Å². The molecule has 2 aromatic carbocycles. The zero-order valence-corrected chi connectivity index (χ0v) is 14.3. The second kappa shape index (κ2) is 7.09. The summed E-state index contributed by atoms with van der Waals surface area (Å²) in [7, 11) is 0. The molecule has 0 radical (unpaired) electrons. The third kappa shape index (κ3) is 3.88. The Hall–Kier alpha value is -1.94. The number of fused-ring (bicyclic) bond motifs is 1. The van der Waals surface area contributed by atoms with Gasteiger partial charge in [0, 0.05) is 16.9 Å². The van der Waals surface area contributed by atoms with Crippen molar-refractivity contribution < 1.29 is 9.53 Å². The van der Waals surface area contributed by atoms with Crippen LogP contribution in [-0.2, 0) is 4.79 Å². The normalized spacial score (nSPS) is 16.3. The van der Waals surface area contributed by atoms with Gasteiger partial charge in [0.05, 0.1) is 18.4 Å². The van der Waals surface area contributed by atoms with Crippen molar-refractivity contribution >= 4 is 17.7 Å². The van der Waals surface area contributed by atoms with Gasteiger partial charge in [-0.1, -0.05) is 24.3 Å². The van der Waals surface area contributed by atoms with Crippen LogP contribution in [0.3, 0.4) is 0 Å². The highest BCUT2D eigenvalue weighted by Crippen LogP contribution is 2.31. The second-order valence-corrected chi connectivity index (χ2v) is 6.88. The van der Waals surface area contributed by atoms with Crippen molar-refractivity contribution in [1.82, 2.24) is 5.32 Å². The van der Waals surface area contributed by atoms with Gasteiger partial charge in [0.1, 0.15) is 5.75 Å². The number of thioether (sulfide) groups is 1. The van der Waals surface area contributed by atoms with Crippen LogP contribution in [0.1, 0.15) is 29.2 Å². The van der Waals surface area contributed by atoms with E-state index in [1.54, 1.807) is 11.8 Å². The molecule has 3 rings (SSSR count). The average Bonchev–Trinajstić information content (AvgIpc) is 2.56. The quantitative estimate of drug-likeness (QED) is 0.862. The Morgan fingerprint density at radius 2 is 2.04 bits per heavy atom. The summed E-state index contributed by atoms with van der Waals surface area (Å²) in [6, 6.07) is 14.3. The Morgan fingerprint density at radius 3 is 2.87 bits per heavy atom. The highest BCUT2D eigenvalue weighted by molar-refractivity contribution is 8.00. The molecule has 1 heterocycles. The molecule has 120 valence electrons. The molecule has 3 nitrogen and oxygen atoms in total. The van der Waals surface area contributed by atoms with Crippen LogP contribution < -0.4 is 10.1 Å². The fourth-order valence-electron chi connectivity index (χ4n) is 2.68. The lowest BCUT2D eigenvalue weighted by Gasteiger charge is -2.26. The summed E-state index contributed by atoms with van der Waals surface area (Å²) < 4.78 is 5.63. The molecule has 1 aliphatic heterocycles. The molecular formula is C19H21NO2S. The Bertz CT molecular complexity index is 714. The zero-order chi connectivity index (χ0) is 16.2. The maximum Gasteiger partial charge on any atom is 0.230 e. The SMILES string of the molecule is Cc1ccc(SCC(=O)N[C@@H]2CCOc3ccccc32)cc1C. The van der Waals surface area contributed by atoms with Crippen molar-refractivity contribution in [3.63, 3.8) is 0 Å². The first-order valence-electron chi connectivity index (χ1n) is 7.84. The molecule has 1 N–H and O–H groups in total. The van der Waals surface area contributed by atoms with Crippen LogP contribution in [0.2, 0.25) is 0 Å². The van der Waals surface area contributed by atoms with Gasteiger partial charge in [-0.25, -0.2) is 0 Å². The number of para-hydroxylation sites is 1. The van der Waals surface area contributed by atoms with Crippen molar-refractivity contribution in [2.45, 2.75) is 31.2 Å². The van der Waals surface area contributed by atoms with E-state index in [4.69, 9.17) is 4.74 Å². The number of carbonyl (C=O) groups excluding carboxylic acids is 1. The molecule has 0 aliphatic carbocycles. The van der Waals surface area contributed by atoms with E-state index < -0.39 is 0 Å². The second-order valence-electron chi connectivity index (χ2n) is 5.83. The van der Waals surface area contributed by atoms with Crippen LogP contribution in [0.5, 0.6) is 5.75 Å². The molecule has 0 fully saturated rings. The molecule has 0 bridgehead atoms. The molecule has 0 saturated carbocycles. The number of ether oxygens (including phenoxy) is 1. The maximum atomic E-state index is 12.3. The molecule has 1 atom stereocenters. The third-order valence-corrected chi connectivity index (χ3v) is 5.14.